The quantitative estimate of drug-likeness (QED) is 0.0812. The minimum atomic E-state index is -0.492. The van der Waals surface area contributed by atoms with Crippen LogP contribution < -0.4 is 20.7 Å². The maximum absolute atomic E-state index is 12.3. The molecule has 0 atom stereocenters. The van der Waals surface area contributed by atoms with Crippen molar-refractivity contribution in [1.29, 1.82) is 0 Å². The van der Waals surface area contributed by atoms with Gasteiger partial charge >= 0.3 is 5.97 Å². The lowest BCUT2D eigenvalue weighted by atomic mass is 9.70. The lowest BCUT2D eigenvalue weighted by Gasteiger charge is -2.36. The van der Waals surface area contributed by atoms with Crippen LogP contribution in [0.4, 0.5) is 17.5 Å². The van der Waals surface area contributed by atoms with Gasteiger partial charge in [0.15, 0.2) is 0 Å². The number of benzene rings is 1. The van der Waals surface area contributed by atoms with Gasteiger partial charge in [-0.3, -0.25) is 4.79 Å². The summed E-state index contributed by atoms with van der Waals surface area (Å²) in [6, 6.07) is 7.67. The Kier molecular flexibility index (Phi) is 17.4. The highest BCUT2D eigenvalue weighted by Gasteiger charge is 2.38. The van der Waals surface area contributed by atoms with Gasteiger partial charge in [0.2, 0.25) is 11.9 Å². The zero-order valence-corrected chi connectivity index (χ0v) is 30.6. The fraction of sp³-hybridized carbons (Fsp3) is 0.657. The summed E-state index contributed by atoms with van der Waals surface area (Å²) in [6.07, 6.45) is 9.00. The smallest absolute Gasteiger partial charge is 0.332 e. The first kappa shape index (κ1) is 39.4. The van der Waals surface area contributed by atoms with Crippen LogP contribution in [-0.2, 0) is 28.5 Å². The highest BCUT2D eigenvalue weighted by atomic mass is 79.9. The van der Waals surface area contributed by atoms with Crippen LogP contribution in [0.3, 0.4) is 0 Å². The molecule has 1 aromatic heterocycles. The number of esters is 1. The molecule has 1 fully saturated rings. The first-order valence-corrected chi connectivity index (χ1v) is 17.8. The molecule has 0 radical (unpaired) electrons. The minimum absolute atomic E-state index is 0.0302. The van der Waals surface area contributed by atoms with Gasteiger partial charge in [-0.1, -0.05) is 13.3 Å². The molecule has 48 heavy (non-hydrogen) atoms. The molecule has 0 saturated heterocycles. The molecule has 13 heteroatoms. The number of halogens is 1. The van der Waals surface area contributed by atoms with Crippen molar-refractivity contribution in [1.82, 2.24) is 15.3 Å². The Bertz CT molecular complexity index is 1240. The van der Waals surface area contributed by atoms with E-state index in [2.05, 4.69) is 41.8 Å². The van der Waals surface area contributed by atoms with E-state index in [9.17, 15) is 9.59 Å². The molecule has 1 aliphatic carbocycles. The number of anilines is 3. The van der Waals surface area contributed by atoms with Crippen molar-refractivity contribution in [2.24, 2.45) is 5.41 Å². The molecule has 1 heterocycles. The maximum Gasteiger partial charge on any atom is 0.332 e. The molecule has 2 aromatic rings. The standard InChI is InChI=1S/C35H54BrN5O7/c1-34(2,3)48-30(42)26-46-23-9-21-44-19-5-6-20-45-22-10-24-47-28-13-11-27(12-14-28)40-33-39-25-29(36)31(41-33)37-17-8-18-38-32(43)35(4)15-7-16-35/h11-14,25H,5-10,15-24,26H2,1-4H3,(H,38,43)(H2,37,39,40,41). The van der Waals surface area contributed by atoms with E-state index in [1.165, 1.54) is 0 Å². The number of hydrogen-bond acceptors (Lipinski definition) is 11. The summed E-state index contributed by atoms with van der Waals surface area (Å²) in [5.41, 5.74) is 0.184. The van der Waals surface area contributed by atoms with E-state index in [-0.39, 0.29) is 23.9 Å². The van der Waals surface area contributed by atoms with Crippen LogP contribution in [0, 0.1) is 5.41 Å². The fourth-order valence-corrected chi connectivity index (χ4v) is 5.04. The molecular weight excluding hydrogens is 682 g/mol. The third kappa shape index (κ3) is 15.9. The Morgan fingerprint density at radius 2 is 1.52 bits per heavy atom. The number of amides is 1. The number of nitrogens with one attached hydrogen (secondary N) is 3. The largest absolute Gasteiger partial charge is 0.494 e. The van der Waals surface area contributed by atoms with Gasteiger partial charge in [0, 0.05) is 69.8 Å². The SMILES string of the molecule is CC(C)(C)OC(=O)COCCCOCCCCOCCCOc1ccc(Nc2ncc(Br)c(NCCCNC(=O)C3(C)CCC3)n2)cc1. The summed E-state index contributed by atoms with van der Waals surface area (Å²) in [7, 11) is 0. The average Bonchev–Trinajstić information content (AvgIpc) is 3.02. The van der Waals surface area contributed by atoms with Crippen molar-refractivity contribution in [3.8, 4) is 5.75 Å². The number of aromatic nitrogens is 2. The summed E-state index contributed by atoms with van der Waals surface area (Å²) in [6.45, 7) is 12.5. The van der Waals surface area contributed by atoms with Gasteiger partial charge in [0.1, 0.15) is 23.8 Å². The van der Waals surface area contributed by atoms with Crippen molar-refractivity contribution >= 4 is 45.3 Å². The Labute approximate surface area is 293 Å². The summed E-state index contributed by atoms with van der Waals surface area (Å²) >= 11 is 3.51. The molecule has 0 bridgehead atoms. The van der Waals surface area contributed by atoms with E-state index in [4.69, 9.17) is 23.7 Å². The summed E-state index contributed by atoms with van der Waals surface area (Å²) in [4.78, 5) is 32.8. The van der Waals surface area contributed by atoms with E-state index in [1.54, 1.807) is 6.20 Å². The first-order valence-electron chi connectivity index (χ1n) is 17.0. The second-order valence-corrected chi connectivity index (χ2v) is 14.0. The van der Waals surface area contributed by atoms with Crippen molar-refractivity contribution in [2.45, 2.75) is 84.7 Å². The van der Waals surface area contributed by atoms with Crippen LogP contribution >= 0.6 is 15.9 Å². The second-order valence-electron chi connectivity index (χ2n) is 13.1. The van der Waals surface area contributed by atoms with Crippen LogP contribution in [0.1, 0.15) is 79.1 Å². The third-order valence-electron chi connectivity index (χ3n) is 7.54. The van der Waals surface area contributed by atoms with Crippen LogP contribution in [0.15, 0.2) is 34.9 Å². The second kappa shape index (κ2) is 21.2. The molecule has 12 nitrogen and oxygen atoms in total. The molecule has 268 valence electrons. The number of carbonyl (C=O) groups is 2. The van der Waals surface area contributed by atoms with Crippen LogP contribution in [0.5, 0.6) is 5.75 Å². The molecule has 0 spiro atoms. The van der Waals surface area contributed by atoms with Gasteiger partial charge in [-0.25, -0.2) is 9.78 Å². The Hall–Kier alpha value is -3.00. The van der Waals surface area contributed by atoms with Crippen LogP contribution in [0.25, 0.3) is 0 Å². The normalized spacial score (nSPS) is 13.8. The van der Waals surface area contributed by atoms with Crippen LogP contribution in [0.2, 0.25) is 0 Å². The third-order valence-corrected chi connectivity index (χ3v) is 8.12. The van der Waals surface area contributed by atoms with Gasteiger partial charge < -0.3 is 39.6 Å². The highest BCUT2D eigenvalue weighted by molar-refractivity contribution is 9.10. The Morgan fingerprint density at radius 1 is 0.875 bits per heavy atom. The van der Waals surface area contributed by atoms with E-state index in [0.717, 1.165) is 67.3 Å². The molecular formula is C35H54BrN5O7. The summed E-state index contributed by atoms with van der Waals surface area (Å²) in [5, 5.41) is 9.59. The number of nitrogens with zero attached hydrogens (tertiary/aromatic N) is 2. The number of carbonyl (C=O) groups excluding carboxylic acids is 2. The van der Waals surface area contributed by atoms with Gasteiger partial charge in [-0.2, -0.15) is 4.98 Å². The minimum Gasteiger partial charge on any atom is -0.494 e. The first-order chi connectivity index (χ1) is 23.0. The number of hydrogen-bond donors (Lipinski definition) is 3. The van der Waals surface area contributed by atoms with Crippen LogP contribution in [-0.4, -0.2) is 86.8 Å². The Balaban J connectivity index is 1.16. The monoisotopic (exact) mass is 735 g/mol. The lowest BCUT2D eigenvalue weighted by Crippen LogP contribution is -2.43. The van der Waals surface area contributed by atoms with Gasteiger partial charge in [-0.15, -0.1) is 0 Å². The number of rotatable bonds is 24. The van der Waals surface area contributed by atoms with Gasteiger partial charge in [0.05, 0.1) is 11.1 Å². The predicted molar refractivity (Wildman–Crippen MR) is 190 cm³/mol. The topological polar surface area (TPSA) is 142 Å². The molecule has 3 N–H and O–H groups in total. The van der Waals surface area contributed by atoms with E-state index in [1.807, 2.05) is 52.0 Å². The Morgan fingerprint density at radius 3 is 2.17 bits per heavy atom. The zero-order chi connectivity index (χ0) is 34.7. The van der Waals surface area contributed by atoms with E-state index in [0.29, 0.717) is 64.5 Å². The maximum atomic E-state index is 12.3. The van der Waals surface area contributed by atoms with Crippen molar-refractivity contribution in [3.63, 3.8) is 0 Å². The van der Waals surface area contributed by atoms with E-state index >= 15 is 0 Å². The predicted octanol–water partition coefficient (Wildman–Crippen LogP) is 6.42. The molecule has 1 saturated carbocycles. The highest BCUT2D eigenvalue weighted by Crippen LogP contribution is 2.40. The average molecular weight is 737 g/mol. The molecule has 1 amide bonds. The van der Waals surface area contributed by atoms with Gasteiger partial charge in [0.25, 0.3) is 0 Å². The summed E-state index contributed by atoms with van der Waals surface area (Å²) < 4.78 is 28.5. The van der Waals surface area contributed by atoms with Crippen molar-refractivity contribution in [3.05, 3.63) is 34.9 Å². The molecule has 3 rings (SSSR count). The number of ether oxygens (including phenoxy) is 5. The molecule has 1 aliphatic rings. The van der Waals surface area contributed by atoms with Gasteiger partial charge in [-0.05, 0) is 99.5 Å². The molecule has 0 unspecified atom stereocenters. The summed E-state index contributed by atoms with van der Waals surface area (Å²) in [5.74, 6) is 1.76. The fourth-order valence-electron chi connectivity index (χ4n) is 4.71. The lowest BCUT2D eigenvalue weighted by molar-refractivity contribution is -0.160. The van der Waals surface area contributed by atoms with Crippen molar-refractivity contribution < 1.29 is 33.3 Å². The van der Waals surface area contributed by atoms with Crippen molar-refractivity contribution in [2.75, 3.05) is 70.0 Å². The number of unbranched alkanes of at least 4 members (excludes halogenated alkanes) is 1. The molecule has 1 aromatic carbocycles. The van der Waals surface area contributed by atoms with E-state index < -0.39 is 5.60 Å². The zero-order valence-electron chi connectivity index (χ0n) is 29.0. The molecule has 0 aliphatic heterocycles.